The van der Waals surface area contributed by atoms with Gasteiger partial charge in [-0.25, -0.2) is 0 Å². The third-order valence-electron chi connectivity index (χ3n) is 3.60. The zero-order chi connectivity index (χ0) is 13.1. The molecule has 0 unspecified atom stereocenters. The molecule has 0 bridgehead atoms. The maximum absolute atomic E-state index is 12.2. The van der Waals surface area contributed by atoms with Gasteiger partial charge in [0, 0.05) is 6.42 Å². The average molecular weight is 233 g/mol. The lowest BCUT2D eigenvalue weighted by molar-refractivity contribution is -0.127. The van der Waals surface area contributed by atoms with Gasteiger partial charge in [-0.2, -0.15) is 0 Å². The fraction of sp³-hybridized carbons (Fsp3) is 0.533. The molecule has 0 aliphatic carbocycles. The third kappa shape index (κ3) is 3.40. The molecule has 1 rings (SSSR count). The molecule has 1 aromatic carbocycles. The first-order valence-corrected chi connectivity index (χ1v) is 6.16. The lowest BCUT2D eigenvalue weighted by atomic mass is 9.92. The molecule has 0 radical (unpaired) electrons. The molecule has 2 heteroatoms. The zero-order valence-electron chi connectivity index (χ0n) is 11.6. The molecule has 0 aliphatic heterocycles. The molecule has 94 valence electrons. The number of carbonyl (C=O) groups is 1. The third-order valence-corrected chi connectivity index (χ3v) is 3.60. The molecule has 0 amide bonds. The van der Waals surface area contributed by atoms with Crippen LogP contribution in [0.5, 0.6) is 0 Å². The monoisotopic (exact) mass is 233 g/mol. The number of hydrogen-bond acceptors (Lipinski definition) is 2. The van der Waals surface area contributed by atoms with Crippen LogP contribution in [0.1, 0.15) is 31.9 Å². The van der Waals surface area contributed by atoms with E-state index in [0.717, 1.165) is 12.0 Å². The molecular weight excluding hydrogens is 210 g/mol. The molecule has 0 N–H and O–H groups in total. The van der Waals surface area contributed by atoms with Gasteiger partial charge in [-0.1, -0.05) is 31.2 Å². The second-order valence-corrected chi connectivity index (χ2v) is 5.22. The van der Waals surface area contributed by atoms with Crippen LogP contribution >= 0.6 is 0 Å². The van der Waals surface area contributed by atoms with Crippen molar-refractivity contribution in [2.75, 3.05) is 14.1 Å². The summed E-state index contributed by atoms with van der Waals surface area (Å²) in [6.07, 6.45) is 1.55. The Labute approximate surface area is 105 Å². The van der Waals surface area contributed by atoms with Crippen molar-refractivity contribution in [3.63, 3.8) is 0 Å². The predicted octanol–water partition coefficient (Wildman–Crippen LogP) is 2.70. The van der Waals surface area contributed by atoms with E-state index in [1.165, 1.54) is 5.56 Å². The number of nitrogens with zero attached hydrogens (tertiary/aromatic N) is 1. The van der Waals surface area contributed by atoms with E-state index in [-0.39, 0.29) is 5.78 Å². The summed E-state index contributed by atoms with van der Waals surface area (Å²) in [7, 11) is 3.89. The van der Waals surface area contributed by atoms with Crippen LogP contribution in [0.25, 0.3) is 0 Å². The van der Waals surface area contributed by atoms with E-state index < -0.39 is 5.54 Å². The molecule has 17 heavy (non-hydrogen) atoms. The van der Waals surface area contributed by atoms with E-state index in [2.05, 4.69) is 31.2 Å². The molecule has 0 saturated heterocycles. The minimum absolute atomic E-state index is 0.256. The fourth-order valence-electron chi connectivity index (χ4n) is 1.54. The lowest BCUT2D eigenvalue weighted by Gasteiger charge is -2.30. The van der Waals surface area contributed by atoms with E-state index >= 15 is 0 Å². The van der Waals surface area contributed by atoms with Crippen LogP contribution < -0.4 is 0 Å². The molecule has 0 heterocycles. The number of hydrogen-bond donors (Lipinski definition) is 0. The van der Waals surface area contributed by atoms with Crippen molar-refractivity contribution in [3.05, 3.63) is 35.4 Å². The van der Waals surface area contributed by atoms with Crippen LogP contribution in [0.15, 0.2) is 24.3 Å². The second-order valence-electron chi connectivity index (χ2n) is 5.22. The molecular formula is C15H23NO. The summed E-state index contributed by atoms with van der Waals surface area (Å²) in [4.78, 5) is 14.2. The van der Waals surface area contributed by atoms with Crippen LogP contribution in [0.3, 0.4) is 0 Å². The molecule has 2 nitrogen and oxygen atoms in total. The van der Waals surface area contributed by atoms with Crippen LogP contribution in [-0.2, 0) is 17.6 Å². The van der Waals surface area contributed by atoms with Crippen LogP contribution in [0, 0.1) is 0 Å². The van der Waals surface area contributed by atoms with Gasteiger partial charge in [0.2, 0.25) is 0 Å². The second kappa shape index (κ2) is 5.46. The minimum atomic E-state index is -0.399. The quantitative estimate of drug-likeness (QED) is 0.779. The Morgan fingerprint density at radius 1 is 1.12 bits per heavy atom. The number of likely N-dealkylation sites (N-methyl/N-ethyl adjacent to an activating group) is 1. The zero-order valence-corrected chi connectivity index (χ0v) is 11.6. The molecule has 1 aromatic rings. The van der Waals surface area contributed by atoms with Crippen molar-refractivity contribution in [1.29, 1.82) is 0 Å². The standard InChI is InChI=1S/C15H23NO/c1-6-12-7-9-13(10-8-12)11-14(17)15(2,3)16(4)5/h7-10H,6,11H2,1-5H3. The van der Waals surface area contributed by atoms with Crippen LogP contribution in [-0.4, -0.2) is 30.3 Å². The highest BCUT2D eigenvalue weighted by molar-refractivity contribution is 5.89. The Morgan fingerprint density at radius 2 is 1.59 bits per heavy atom. The molecule has 0 aromatic heterocycles. The van der Waals surface area contributed by atoms with E-state index in [1.807, 2.05) is 32.8 Å². The van der Waals surface area contributed by atoms with Crippen molar-refractivity contribution in [2.24, 2.45) is 0 Å². The first-order valence-electron chi connectivity index (χ1n) is 6.16. The maximum Gasteiger partial charge on any atom is 0.156 e. The average Bonchev–Trinajstić information content (AvgIpc) is 2.29. The highest BCUT2D eigenvalue weighted by Gasteiger charge is 2.29. The highest BCUT2D eigenvalue weighted by atomic mass is 16.1. The predicted molar refractivity (Wildman–Crippen MR) is 72.3 cm³/mol. The fourth-order valence-corrected chi connectivity index (χ4v) is 1.54. The Morgan fingerprint density at radius 3 is 2.00 bits per heavy atom. The number of benzene rings is 1. The summed E-state index contributed by atoms with van der Waals surface area (Å²) >= 11 is 0. The van der Waals surface area contributed by atoms with E-state index in [4.69, 9.17) is 0 Å². The summed E-state index contributed by atoms with van der Waals surface area (Å²) in [6, 6.07) is 8.32. The van der Waals surface area contributed by atoms with Crippen LogP contribution in [0.4, 0.5) is 0 Å². The van der Waals surface area contributed by atoms with Gasteiger partial charge < -0.3 is 0 Å². The number of aryl methyl sites for hydroxylation is 1. The van der Waals surface area contributed by atoms with E-state index in [1.54, 1.807) is 0 Å². The van der Waals surface area contributed by atoms with Gasteiger partial charge in [0.1, 0.15) is 0 Å². The topological polar surface area (TPSA) is 20.3 Å². The van der Waals surface area contributed by atoms with Gasteiger partial charge in [0.05, 0.1) is 5.54 Å². The summed E-state index contributed by atoms with van der Waals surface area (Å²) in [6.45, 7) is 6.07. The lowest BCUT2D eigenvalue weighted by Crippen LogP contribution is -2.46. The van der Waals surface area contributed by atoms with Crippen molar-refractivity contribution in [1.82, 2.24) is 4.90 Å². The maximum atomic E-state index is 12.2. The molecule has 0 atom stereocenters. The number of carbonyl (C=O) groups excluding carboxylic acids is 1. The Kier molecular flexibility index (Phi) is 4.47. The van der Waals surface area contributed by atoms with Gasteiger partial charge in [-0.05, 0) is 45.5 Å². The Bertz CT molecular complexity index is 376. The minimum Gasteiger partial charge on any atom is -0.298 e. The van der Waals surface area contributed by atoms with Crippen molar-refractivity contribution >= 4 is 5.78 Å². The summed E-state index contributed by atoms with van der Waals surface area (Å²) in [5, 5.41) is 0. The summed E-state index contributed by atoms with van der Waals surface area (Å²) in [5.74, 6) is 0.256. The summed E-state index contributed by atoms with van der Waals surface area (Å²) in [5.41, 5.74) is 2.01. The molecule has 0 spiro atoms. The summed E-state index contributed by atoms with van der Waals surface area (Å²) < 4.78 is 0. The first kappa shape index (κ1) is 13.9. The van der Waals surface area contributed by atoms with Crippen LogP contribution in [0.2, 0.25) is 0 Å². The number of Topliss-reactive ketones (excluding diaryl/α,β-unsaturated/α-hetero) is 1. The van der Waals surface area contributed by atoms with Gasteiger partial charge in [-0.15, -0.1) is 0 Å². The van der Waals surface area contributed by atoms with Gasteiger partial charge >= 0.3 is 0 Å². The van der Waals surface area contributed by atoms with Gasteiger partial charge in [0.25, 0.3) is 0 Å². The SMILES string of the molecule is CCc1ccc(CC(=O)C(C)(C)N(C)C)cc1. The van der Waals surface area contributed by atoms with Crippen molar-refractivity contribution in [3.8, 4) is 0 Å². The largest absolute Gasteiger partial charge is 0.298 e. The van der Waals surface area contributed by atoms with Gasteiger partial charge in [0.15, 0.2) is 5.78 Å². The first-order chi connectivity index (χ1) is 7.87. The molecule has 0 saturated carbocycles. The van der Waals surface area contributed by atoms with Crippen molar-refractivity contribution in [2.45, 2.75) is 39.2 Å². The Hall–Kier alpha value is -1.15. The van der Waals surface area contributed by atoms with Gasteiger partial charge in [-0.3, -0.25) is 9.69 Å². The Balaban J connectivity index is 2.74. The van der Waals surface area contributed by atoms with E-state index in [9.17, 15) is 4.79 Å². The normalized spacial score (nSPS) is 11.9. The molecule has 0 aliphatic rings. The van der Waals surface area contributed by atoms with Crippen molar-refractivity contribution < 1.29 is 4.79 Å². The molecule has 0 fully saturated rings. The number of rotatable bonds is 5. The highest BCUT2D eigenvalue weighted by Crippen LogP contribution is 2.15. The van der Waals surface area contributed by atoms with E-state index in [0.29, 0.717) is 6.42 Å². The smallest absolute Gasteiger partial charge is 0.156 e. The number of ketones is 1.